The molecule has 0 N–H and O–H groups in total. The van der Waals surface area contributed by atoms with Crippen LogP contribution in [0, 0.1) is 0 Å². The lowest BCUT2D eigenvalue weighted by Crippen LogP contribution is -2.14. The molecule has 0 bridgehead atoms. The molecular weight excluding hydrogens is 342 g/mol. The zero-order valence-corrected chi connectivity index (χ0v) is 12.4. The van der Waals surface area contributed by atoms with Crippen LogP contribution < -0.4 is 4.74 Å². The van der Waals surface area contributed by atoms with Crippen LogP contribution in [0.5, 0.6) is 5.75 Å². The average Bonchev–Trinajstić information content (AvgIpc) is 2.46. The summed E-state index contributed by atoms with van der Waals surface area (Å²) in [5.41, 5.74) is 1.42. The first kappa shape index (κ1) is 15.4. The summed E-state index contributed by atoms with van der Waals surface area (Å²) >= 11 is 2.08. The van der Waals surface area contributed by atoms with E-state index in [1.54, 1.807) is 12.1 Å². The number of ether oxygens (including phenoxy) is 1. The van der Waals surface area contributed by atoms with Gasteiger partial charge >= 0.3 is 5.02 Å². The van der Waals surface area contributed by atoms with E-state index in [1.807, 2.05) is 18.2 Å². The highest BCUT2D eigenvalue weighted by Crippen LogP contribution is 2.27. The molecular formula is C16H11BrF2O2. The first-order valence-corrected chi connectivity index (χ1v) is 6.81. The Bertz CT molecular complexity index is 646. The molecule has 0 fully saturated rings. The van der Waals surface area contributed by atoms with E-state index in [-0.39, 0.29) is 11.5 Å². The van der Waals surface area contributed by atoms with Crippen LogP contribution >= 0.6 is 15.9 Å². The lowest BCUT2D eigenvalue weighted by molar-refractivity contribution is -0.0802. The van der Waals surface area contributed by atoms with Crippen LogP contribution in [0.25, 0.3) is 5.57 Å². The van der Waals surface area contributed by atoms with Gasteiger partial charge in [-0.1, -0.05) is 36.9 Å². The molecule has 2 aromatic carbocycles. The van der Waals surface area contributed by atoms with Crippen molar-refractivity contribution in [1.29, 1.82) is 0 Å². The minimum absolute atomic E-state index is 0.0428. The lowest BCUT2D eigenvalue weighted by Gasteiger charge is -2.11. The van der Waals surface area contributed by atoms with Crippen molar-refractivity contribution >= 4 is 27.3 Å². The fourth-order valence-corrected chi connectivity index (χ4v) is 1.94. The monoisotopic (exact) mass is 352 g/mol. The van der Waals surface area contributed by atoms with Crippen molar-refractivity contribution in [3.63, 3.8) is 0 Å². The maximum absolute atomic E-state index is 12.6. The summed E-state index contributed by atoms with van der Waals surface area (Å²) < 4.78 is 29.6. The second-order valence-corrected chi connectivity index (χ2v) is 5.17. The zero-order valence-electron chi connectivity index (χ0n) is 10.9. The van der Waals surface area contributed by atoms with Crippen molar-refractivity contribution in [3.05, 3.63) is 72.3 Å². The van der Waals surface area contributed by atoms with Crippen molar-refractivity contribution in [2.75, 3.05) is 0 Å². The van der Waals surface area contributed by atoms with Crippen LogP contribution in [0.2, 0.25) is 0 Å². The third-order valence-corrected chi connectivity index (χ3v) is 2.91. The molecule has 5 heteroatoms. The molecule has 0 amide bonds. The van der Waals surface area contributed by atoms with Gasteiger partial charge in [0.15, 0.2) is 5.78 Å². The second-order valence-electron chi connectivity index (χ2n) is 4.25. The number of halogens is 3. The van der Waals surface area contributed by atoms with Gasteiger partial charge in [0.1, 0.15) is 5.75 Å². The number of allylic oxidation sites excluding steroid dienone is 1. The van der Waals surface area contributed by atoms with Crippen LogP contribution in [0.15, 0.2) is 61.2 Å². The number of rotatable bonds is 5. The van der Waals surface area contributed by atoms with E-state index >= 15 is 0 Å². The number of alkyl halides is 3. The molecule has 0 heterocycles. The van der Waals surface area contributed by atoms with Gasteiger partial charge in [-0.3, -0.25) is 4.79 Å². The number of hydrogen-bond donors (Lipinski definition) is 0. The summed E-state index contributed by atoms with van der Waals surface area (Å²) in [5, 5.41) is -3.44. The highest BCUT2D eigenvalue weighted by molar-refractivity contribution is 9.09. The van der Waals surface area contributed by atoms with Crippen LogP contribution in [-0.4, -0.2) is 10.8 Å². The van der Waals surface area contributed by atoms with Gasteiger partial charge in [0.25, 0.3) is 0 Å². The van der Waals surface area contributed by atoms with Crippen molar-refractivity contribution < 1.29 is 18.3 Å². The molecule has 0 spiro atoms. The Hall–Kier alpha value is -2.01. The number of hydrogen-bond acceptors (Lipinski definition) is 2. The summed E-state index contributed by atoms with van der Waals surface area (Å²) in [4.78, 5) is 12.2. The molecule has 0 aliphatic rings. The maximum atomic E-state index is 12.6. The predicted octanol–water partition coefficient (Wildman–Crippen LogP) is 4.91. The minimum atomic E-state index is -3.44. The first-order valence-electron chi connectivity index (χ1n) is 6.01. The zero-order chi connectivity index (χ0) is 15.5. The Kier molecular flexibility index (Phi) is 4.53. The fraction of sp³-hybridized carbons (Fsp3) is 0.0625. The predicted molar refractivity (Wildman–Crippen MR) is 80.8 cm³/mol. The van der Waals surface area contributed by atoms with E-state index < -0.39 is 5.02 Å². The van der Waals surface area contributed by atoms with Gasteiger partial charge in [0.05, 0.1) is 0 Å². The van der Waals surface area contributed by atoms with Crippen molar-refractivity contribution in [2.24, 2.45) is 0 Å². The van der Waals surface area contributed by atoms with Crippen LogP contribution in [0.4, 0.5) is 8.78 Å². The fourth-order valence-electron chi connectivity index (χ4n) is 1.75. The summed E-state index contributed by atoms with van der Waals surface area (Å²) in [6.45, 7) is 3.77. The van der Waals surface area contributed by atoms with Crippen LogP contribution in [-0.2, 0) is 0 Å². The van der Waals surface area contributed by atoms with Gasteiger partial charge in [-0.05, 0) is 29.8 Å². The highest BCUT2D eigenvalue weighted by Gasteiger charge is 2.26. The van der Waals surface area contributed by atoms with E-state index in [2.05, 4.69) is 27.2 Å². The maximum Gasteiger partial charge on any atom is 0.459 e. The smallest absolute Gasteiger partial charge is 0.424 e. The average molecular weight is 353 g/mol. The molecule has 0 radical (unpaired) electrons. The quantitative estimate of drug-likeness (QED) is 0.434. The normalized spacial score (nSPS) is 11.0. The topological polar surface area (TPSA) is 26.3 Å². The Morgan fingerprint density at radius 1 is 1.00 bits per heavy atom. The molecule has 21 heavy (non-hydrogen) atoms. The number of carbonyl (C=O) groups excluding carboxylic acids is 1. The molecule has 2 rings (SSSR count). The van der Waals surface area contributed by atoms with Gasteiger partial charge < -0.3 is 4.74 Å². The van der Waals surface area contributed by atoms with Gasteiger partial charge in [-0.25, -0.2) is 0 Å². The second kappa shape index (κ2) is 6.18. The molecule has 2 aromatic rings. The van der Waals surface area contributed by atoms with Crippen molar-refractivity contribution in [3.8, 4) is 5.75 Å². The van der Waals surface area contributed by atoms with Gasteiger partial charge in [0.2, 0.25) is 0 Å². The number of benzene rings is 2. The molecule has 0 saturated carbocycles. The number of carbonyl (C=O) groups is 1. The Morgan fingerprint density at radius 3 is 2.10 bits per heavy atom. The van der Waals surface area contributed by atoms with E-state index in [1.165, 1.54) is 24.3 Å². The van der Waals surface area contributed by atoms with Gasteiger partial charge in [0, 0.05) is 27.1 Å². The molecule has 0 atom stereocenters. The lowest BCUT2D eigenvalue weighted by atomic mass is 9.98. The molecule has 0 saturated heterocycles. The van der Waals surface area contributed by atoms with E-state index in [4.69, 9.17) is 0 Å². The third-order valence-electron chi connectivity index (χ3n) is 2.75. The Morgan fingerprint density at radius 2 is 1.57 bits per heavy atom. The van der Waals surface area contributed by atoms with E-state index in [0.717, 1.165) is 5.56 Å². The van der Waals surface area contributed by atoms with E-state index in [0.29, 0.717) is 11.1 Å². The van der Waals surface area contributed by atoms with Gasteiger partial charge in [-0.15, -0.1) is 0 Å². The Balaban J connectivity index is 2.15. The van der Waals surface area contributed by atoms with Crippen LogP contribution in [0.1, 0.15) is 15.9 Å². The summed E-state index contributed by atoms with van der Waals surface area (Å²) in [6, 6.07) is 14.5. The molecule has 108 valence electrons. The standard InChI is InChI=1S/C16H11BrF2O2/c1-11(12-5-3-2-4-6-12)15(20)13-7-9-14(10-8-13)21-16(17,18)19/h2-10H,1H2. The SMILES string of the molecule is C=C(C(=O)c1ccc(OC(F)(F)Br)cc1)c1ccccc1. The minimum Gasteiger partial charge on any atom is -0.424 e. The molecule has 0 aliphatic heterocycles. The number of Topliss-reactive ketones (excluding diaryl/α,β-unsaturated/α-hetero) is 1. The van der Waals surface area contributed by atoms with Gasteiger partial charge in [-0.2, -0.15) is 8.78 Å². The molecule has 0 aliphatic carbocycles. The first-order chi connectivity index (χ1) is 9.87. The Labute approximate surface area is 129 Å². The van der Waals surface area contributed by atoms with E-state index in [9.17, 15) is 13.6 Å². The third kappa shape index (κ3) is 4.23. The summed E-state index contributed by atoms with van der Waals surface area (Å²) in [6.07, 6.45) is 0. The molecule has 0 aromatic heterocycles. The van der Waals surface area contributed by atoms with Crippen molar-refractivity contribution in [2.45, 2.75) is 5.02 Å². The molecule has 0 unspecified atom stereocenters. The molecule has 2 nitrogen and oxygen atoms in total. The summed E-state index contributed by atoms with van der Waals surface area (Å²) in [5.74, 6) is -0.308. The van der Waals surface area contributed by atoms with Crippen molar-refractivity contribution in [1.82, 2.24) is 0 Å². The summed E-state index contributed by atoms with van der Waals surface area (Å²) in [7, 11) is 0. The highest BCUT2D eigenvalue weighted by atomic mass is 79.9. The number of ketones is 1. The largest absolute Gasteiger partial charge is 0.459 e. The van der Waals surface area contributed by atoms with Crippen LogP contribution in [0.3, 0.4) is 0 Å².